The van der Waals surface area contributed by atoms with E-state index in [0.717, 1.165) is 48.9 Å². The van der Waals surface area contributed by atoms with Crippen LogP contribution < -0.4 is 5.73 Å². The van der Waals surface area contributed by atoms with Crippen molar-refractivity contribution in [3.63, 3.8) is 0 Å². The molecule has 2 aliphatic rings. The second kappa shape index (κ2) is 9.46. The van der Waals surface area contributed by atoms with Crippen LogP contribution in [0.1, 0.15) is 42.9 Å². The van der Waals surface area contributed by atoms with Gasteiger partial charge in [0.05, 0.1) is 11.4 Å². The maximum absolute atomic E-state index is 6.63. The molecule has 33 heavy (non-hydrogen) atoms. The largest absolute Gasteiger partial charge is 0.397 e. The van der Waals surface area contributed by atoms with Crippen LogP contribution in [0.15, 0.2) is 89.5 Å². The molecular weight excluding hydrogens is 400 g/mol. The SMILES string of the molecule is C/C=C\C=N\c1c(N)c2c(c3cc(-c4cccc(CC5=CC=CCC5)c4)ccc13)C=CCC2. The van der Waals surface area contributed by atoms with Gasteiger partial charge in [-0.15, -0.1) is 0 Å². The van der Waals surface area contributed by atoms with Gasteiger partial charge in [-0.3, -0.25) is 4.99 Å². The fourth-order valence-electron chi connectivity index (χ4n) is 4.90. The Balaban J connectivity index is 1.61. The van der Waals surface area contributed by atoms with Crippen molar-refractivity contribution in [1.82, 2.24) is 0 Å². The molecule has 0 saturated heterocycles. The number of hydrogen-bond acceptors (Lipinski definition) is 2. The van der Waals surface area contributed by atoms with Gasteiger partial charge in [-0.05, 0) is 84.4 Å². The summed E-state index contributed by atoms with van der Waals surface area (Å²) in [7, 11) is 0. The summed E-state index contributed by atoms with van der Waals surface area (Å²) in [6.07, 6.45) is 22.3. The lowest BCUT2D eigenvalue weighted by Gasteiger charge is -2.19. The summed E-state index contributed by atoms with van der Waals surface area (Å²) in [5.41, 5.74) is 16.2. The van der Waals surface area contributed by atoms with Crippen molar-refractivity contribution in [2.24, 2.45) is 4.99 Å². The zero-order valence-electron chi connectivity index (χ0n) is 19.2. The average Bonchev–Trinajstić information content (AvgIpc) is 2.87. The van der Waals surface area contributed by atoms with Crippen molar-refractivity contribution in [3.05, 3.63) is 101 Å². The highest BCUT2D eigenvalue weighted by atomic mass is 14.8. The lowest BCUT2D eigenvalue weighted by Crippen LogP contribution is -2.02. The number of hydrogen-bond donors (Lipinski definition) is 1. The van der Waals surface area contributed by atoms with E-state index in [1.165, 1.54) is 38.8 Å². The van der Waals surface area contributed by atoms with Gasteiger partial charge in [0, 0.05) is 11.6 Å². The van der Waals surface area contributed by atoms with Crippen LogP contribution in [0.5, 0.6) is 0 Å². The molecule has 3 aromatic rings. The van der Waals surface area contributed by atoms with Gasteiger partial charge in [0.15, 0.2) is 0 Å². The van der Waals surface area contributed by atoms with E-state index in [4.69, 9.17) is 10.7 Å². The molecule has 0 heterocycles. The van der Waals surface area contributed by atoms with Crippen molar-refractivity contribution in [3.8, 4) is 11.1 Å². The standard InChI is InChI=1S/C31H30N2/c1-2-3-18-33-31-28-17-16-25(21-29(28)26-14-7-8-15-27(26)30(31)32)24-13-9-12-23(20-24)19-22-10-5-4-6-11-22/h2-5,7,9-10,12-14,16-18,20-21H,6,8,11,15,19,32H2,1H3/b3-2-,33-18+. The maximum atomic E-state index is 6.63. The second-order valence-electron chi connectivity index (χ2n) is 8.83. The van der Waals surface area contributed by atoms with E-state index in [-0.39, 0.29) is 0 Å². The van der Waals surface area contributed by atoms with Gasteiger partial charge >= 0.3 is 0 Å². The quantitative estimate of drug-likeness (QED) is 0.322. The fourth-order valence-corrected chi connectivity index (χ4v) is 4.90. The van der Waals surface area contributed by atoms with Crippen LogP contribution in [-0.2, 0) is 12.8 Å². The van der Waals surface area contributed by atoms with Crippen molar-refractivity contribution in [2.45, 2.75) is 39.0 Å². The Morgan fingerprint density at radius 1 is 0.970 bits per heavy atom. The highest BCUT2D eigenvalue weighted by Gasteiger charge is 2.18. The second-order valence-corrected chi connectivity index (χ2v) is 8.83. The first-order valence-electron chi connectivity index (χ1n) is 11.9. The molecule has 3 aromatic carbocycles. The summed E-state index contributed by atoms with van der Waals surface area (Å²) in [5.74, 6) is 0. The van der Waals surface area contributed by atoms with E-state index in [1.807, 2.05) is 25.3 Å². The normalized spacial score (nSPS) is 15.5. The van der Waals surface area contributed by atoms with E-state index in [2.05, 4.69) is 72.8 Å². The molecule has 0 saturated carbocycles. The minimum Gasteiger partial charge on any atom is -0.397 e. The third kappa shape index (κ3) is 4.34. The number of rotatable bonds is 5. The highest BCUT2D eigenvalue weighted by Crippen LogP contribution is 2.42. The van der Waals surface area contributed by atoms with E-state index in [0.29, 0.717) is 0 Å². The van der Waals surface area contributed by atoms with Gasteiger partial charge in [0.25, 0.3) is 0 Å². The van der Waals surface area contributed by atoms with Crippen LogP contribution in [0.3, 0.4) is 0 Å². The Hall–Kier alpha value is -3.65. The molecule has 0 radical (unpaired) electrons. The van der Waals surface area contributed by atoms with Gasteiger partial charge in [-0.25, -0.2) is 0 Å². The van der Waals surface area contributed by atoms with Crippen LogP contribution in [-0.4, -0.2) is 6.21 Å². The van der Waals surface area contributed by atoms with E-state index in [9.17, 15) is 0 Å². The first-order chi connectivity index (χ1) is 16.2. The van der Waals surface area contributed by atoms with E-state index in [1.54, 1.807) is 0 Å². The molecular formula is C31H30N2. The molecule has 0 aromatic heterocycles. The molecule has 0 fully saturated rings. The zero-order chi connectivity index (χ0) is 22.6. The molecule has 0 bridgehead atoms. The Kier molecular flexibility index (Phi) is 6.08. The summed E-state index contributed by atoms with van der Waals surface area (Å²) in [4.78, 5) is 4.74. The third-order valence-corrected chi connectivity index (χ3v) is 6.59. The van der Waals surface area contributed by atoms with Crippen molar-refractivity contribution >= 4 is 34.4 Å². The molecule has 2 heteroatoms. The van der Waals surface area contributed by atoms with E-state index >= 15 is 0 Å². The van der Waals surface area contributed by atoms with Gasteiger partial charge in [0.2, 0.25) is 0 Å². The van der Waals surface area contributed by atoms with Gasteiger partial charge < -0.3 is 5.73 Å². The topological polar surface area (TPSA) is 38.4 Å². The Morgan fingerprint density at radius 2 is 1.85 bits per heavy atom. The van der Waals surface area contributed by atoms with Gasteiger partial charge in [-0.1, -0.05) is 78.4 Å². The maximum Gasteiger partial charge on any atom is 0.0940 e. The van der Waals surface area contributed by atoms with Crippen LogP contribution in [0.25, 0.3) is 28.0 Å². The van der Waals surface area contributed by atoms with Crippen molar-refractivity contribution < 1.29 is 0 Å². The number of aliphatic imine (C=N–C) groups is 1. The Morgan fingerprint density at radius 3 is 2.70 bits per heavy atom. The molecule has 0 aliphatic heterocycles. The first kappa shape index (κ1) is 21.2. The molecule has 2 aliphatic carbocycles. The summed E-state index contributed by atoms with van der Waals surface area (Å²) in [6.45, 7) is 1.99. The molecule has 0 spiro atoms. The van der Waals surface area contributed by atoms with Crippen LogP contribution >= 0.6 is 0 Å². The average molecular weight is 431 g/mol. The fraction of sp³-hybridized carbons (Fsp3) is 0.194. The number of benzene rings is 3. The van der Waals surface area contributed by atoms with Crippen molar-refractivity contribution in [2.75, 3.05) is 5.73 Å². The van der Waals surface area contributed by atoms with Gasteiger partial charge in [0.1, 0.15) is 0 Å². The summed E-state index contributed by atoms with van der Waals surface area (Å²) < 4.78 is 0. The zero-order valence-corrected chi connectivity index (χ0v) is 19.2. The lowest BCUT2D eigenvalue weighted by molar-refractivity contribution is 0.911. The number of allylic oxidation sites excluding steroid dienone is 7. The van der Waals surface area contributed by atoms with Crippen LogP contribution in [0, 0.1) is 0 Å². The molecule has 2 N–H and O–H groups in total. The van der Waals surface area contributed by atoms with E-state index < -0.39 is 0 Å². The summed E-state index contributed by atoms with van der Waals surface area (Å²) >= 11 is 0. The smallest absolute Gasteiger partial charge is 0.0940 e. The summed E-state index contributed by atoms with van der Waals surface area (Å²) in [5, 5.41) is 2.34. The number of nitrogens with zero attached hydrogens (tertiary/aromatic N) is 1. The third-order valence-electron chi connectivity index (χ3n) is 6.59. The first-order valence-corrected chi connectivity index (χ1v) is 11.9. The Labute approximate surface area is 196 Å². The minimum absolute atomic E-state index is 0.812. The van der Waals surface area contributed by atoms with Crippen LogP contribution in [0.4, 0.5) is 11.4 Å². The Bertz CT molecular complexity index is 1350. The number of nitrogens with two attached hydrogens (primary N) is 1. The van der Waals surface area contributed by atoms with Crippen LogP contribution in [0.2, 0.25) is 0 Å². The monoisotopic (exact) mass is 430 g/mol. The predicted octanol–water partition coefficient (Wildman–Crippen LogP) is 8.15. The molecule has 2 nitrogen and oxygen atoms in total. The number of anilines is 1. The molecule has 0 amide bonds. The minimum atomic E-state index is 0.812. The predicted molar refractivity (Wildman–Crippen MR) is 144 cm³/mol. The summed E-state index contributed by atoms with van der Waals surface area (Å²) in [6, 6.07) is 15.7. The highest BCUT2D eigenvalue weighted by molar-refractivity contribution is 6.07. The molecule has 164 valence electrons. The molecule has 5 rings (SSSR count). The number of fused-ring (bicyclic) bond motifs is 3. The number of nitrogen functional groups attached to an aromatic ring is 1. The molecule has 0 unspecified atom stereocenters. The molecule has 0 atom stereocenters. The van der Waals surface area contributed by atoms with Gasteiger partial charge in [-0.2, -0.15) is 0 Å². The lowest BCUT2D eigenvalue weighted by atomic mass is 9.87. The van der Waals surface area contributed by atoms with Crippen molar-refractivity contribution in [1.29, 1.82) is 0 Å².